The van der Waals surface area contributed by atoms with Crippen LogP contribution >= 0.6 is 15.9 Å². The summed E-state index contributed by atoms with van der Waals surface area (Å²) in [5.41, 5.74) is 2.17. The molecule has 8 heteroatoms. The van der Waals surface area contributed by atoms with E-state index in [0.717, 1.165) is 15.7 Å². The van der Waals surface area contributed by atoms with Crippen molar-refractivity contribution >= 4 is 33.6 Å². The van der Waals surface area contributed by atoms with Crippen LogP contribution in [-0.2, 0) is 4.79 Å². The molecule has 7 nitrogen and oxygen atoms in total. The molecule has 0 saturated heterocycles. The second kappa shape index (κ2) is 8.40. The topological polar surface area (TPSA) is 74.6 Å². The number of fused-ring (bicyclic) bond motifs is 1. The van der Waals surface area contributed by atoms with Crippen LogP contribution in [0.25, 0.3) is 11.8 Å². The number of methoxy groups -OCH3 is 1. The molecule has 1 aliphatic heterocycles. The monoisotopic (exact) mass is 455 g/mol. The maximum absolute atomic E-state index is 12.5. The van der Waals surface area contributed by atoms with Gasteiger partial charge in [0.1, 0.15) is 13.2 Å². The van der Waals surface area contributed by atoms with Crippen molar-refractivity contribution in [3.05, 3.63) is 64.9 Å². The van der Waals surface area contributed by atoms with Crippen molar-refractivity contribution in [1.29, 1.82) is 0 Å². The van der Waals surface area contributed by atoms with Crippen LogP contribution in [0.2, 0.25) is 0 Å². The summed E-state index contributed by atoms with van der Waals surface area (Å²) in [6.07, 6.45) is 6.65. The zero-order chi connectivity index (χ0) is 20.2. The van der Waals surface area contributed by atoms with Crippen LogP contribution in [0.1, 0.15) is 5.56 Å². The van der Waals surface area contributed by atoms with Gasteiger partial charge in [-0.1, -0.05) is 15.9 Å². The largest absolute Gasteiger partial charge is 0.493 e. The van der Waals surface area contributed by atoms with Crippen molar-refractivity contribution in [2.45, 2.75) is 0 Å². The van der Waals surface area contributed by atoms with Crippen LogP contribution in [0.4, 0.5) is 5.69 Å². The Hall–Kier alpha value is -3.26. The molecule has 0 bridgehead atoms. The van der Waals surface area contributed by atoms with Gasteiger partial charge in [-0.3, -0.25) is 4.79 Å². The molecule has 1 aliphatic rings. The fraction of sp³-hybridized carbons (Fsp3) is 0.143. The van der Waals surface area contributed by atoms with Gasteiger partial charge in [0.2, 0.25) is 11.7 Å². The van der Waals surface area contributed by atoms with Gasteiger partial charge in [-0.05, 0) is 48.0 Å². The average Bonchev–Trinajstić information content (AvgIpc) is 3.26. The fourth-order valence-corrected chi connectivity index (χ4v) is 3.32. The SMILES string of the molecule is COc1cc(/C=C/C(=O)Nc2cc(Br)ccc2-n2cccn2)cc2c1OCCO2. The number of hydrogen-bond acceptors (Lipinski definition) is 5. The van der Waals surface area contributed by atoms with Crippen molar-refractivity contribution in [3.63, 3.8) is 0 Å². The fourth-order valence-electron chi connectivity index (χ4n) is 2.96. The highest BCUT2D eigenvalue weighted by Crippen LogP contribution is 2.40. The molecule has 0 radical (unpaired) electrons. The summed E-state index contributed by atoms with van der Waals surface area (Å²) >= 11 is 3.44. The highest BCUT2D eigenvalue weighted by molar-refractivity contribution is 9.10. The third kappa shape index (κ3) is 4.27. The molecule has 0 spiro atoms. The number of anilines is 1. The summed E-state index contributed by atoms with van der Waals surface area (Å²) < 4.78 is 19.1. The van der Waals surface area contributed by atoms with Crippen LogP contribution in [-0.4, -0.2) is 36.0 Å². The lowest BCUT2D eigenvalue weighted by Crippen LogP contribution is -2.16. The third-order valence-corrected chi connectivity index (χ3v) is 4.74. The lowest BCUT2D eigenvalue weighted by atomic mass is 10.1. The van der Waals surface area contributed by atoms with Crippen molar-refractivity contribution in [1.82, 2.24) is 9.78 Å². The summed E-state index contributed by atoms with van der Waals surface area (Å²) in [5, 5.41) is 7.13. The molecule has 1 aromatic heterocycles. The Morgan fingerprint density at radius 2 is 2.14 bits per heavy atom. The summed E-state index contributed by atoms with van der Waals surface area (Å²) in [5.74, 6) is 1.47. The number of benzene rings is 2. The lowest BCUT2D eigenvalue weighted by molar-refractivity contribution is -0.111. The first-order valence-electron chi connectivity index (χ1n) is 8.90. The quantitative estimate of drug-likeness (QED) is 0.586. The van der Waals surface area contributed by atoms with Crippen LogP contribution in [0.15, 0.2) is 59.3 Å². The Labute approximate surface area is 176 Å². The zero-order valence-electron chi connectivity index (χ0n) is 15.6. The molecule has 1 amide bonds. The summed E-state index contributed by atoms with van der Waals surface area (Å²) in [7, 11) is 1.57. The molecule has 4 rings (SSSR count). The molecule has 0 fully saturated rings. The number of halogens is 1. The first-order valence-corrected chi connectivity index (χ1v) is 9.69. The molecule has 148 valence electrons. The van der Waals surface area contributed by atoms with Crippen molar-refractivity contribution in [2.75, 3.05) is 25.6 Å². The first kappa shape index (κ1) is 19.1. The predicted molar refractivity (Wildman–Crippen MR) is 113 cm³/mol. The number of carbonyl (C=O) groups is 1. The van der Waals surface area contributed by atoms with E-state index in [-0.39, 0.29) is 5.91 Å². The van der Waals surface area contributed by atoms with Gasteiger partial charge in [0.15, 0.2) is 11.5 Å². The second-order valence-corrected chi connectivity index (χ2v) is 7.10. The molecular weight excluding hydrogens is 438 g/mol. The van der Waals surface area contributed by atoms with Gasteiger partial charge in [0, 0.05) is 22.9 Å². The normalized spacial score (nSPS) is 12.8. The lowest BCUT2D eigenvalue weighted by Gasteiger charge is -2.20. The van der Waals surface area contributed by atoms with E-state index in [1.807, 2.05) is 36.5 Å². The summed E-state index contributed by atoms with van der Waals surface area (Å²) in [4.78, 5) is 12.5. The van der Waals surface area contributed by atoms with E-state index in [2.05, 4.69) is 26.3 Å². The number of ether oxygens (including phenoxy) is 3. The highest BCUT2D eigenvalue weighted by atomic mass is 79.9. The standard InChI is InChI=1S/C21H18BrN3O4/c1-27-18-11-14(12-19-21(18)29-10-9-28-19)3-6-20(26)24-16-13-15(22)4-5-17(16)25-8-2-7-23-25/h2-8,11-13H,9-10H2,1H3,(H,24,26)/b6-3+. The Balaban J connectivity index is 1.55. The van der Waals surface area contributed by atoms with Crippen LogP contribution < -0.4 is 19.5 Å². The number of nitrogens with one attached hydrogen (secondary N) is 1. The van der Waals surface area contributed by atoms with E-state index >= 15 is 0 Å². The number of nitrogens with zero attached hydrogens (tertiary/aromatic N) is 2. The maximum atomic E-state index is 12.5. The first-order chi connectivity index (χ1) is 14.1. The smallest absolute Gasteiger partial charge is 0.248 e. The van der Waals surface area contributed by atoms with E-state index in [9.17, 15) is 4.79 Å². The Morgan fingerprint density at radius 1 is 1.28 bits per heavy atom. The Bertz CT molecular complexity index is 1050. The molecular formula is C21H18BrN3O4. The van der Waals surface area contributed by atoms with Gasteiger partial charge < -0.3 is 19.5 Å². The minimum absolute atomic E-state index is 0.273. The zero-order valence-corrected chi connectivity index (χ0v) is 17.2. The third-order valence-electron chi connectivity index (χ3n) is 4.25. The highest BCUT2D eigenvalue weighted by Gasteiger charge is 2.18. The molecule has 2 aromatic carbocycles. The van der Waals surface area contributed by atoms with E-state index in [1.165, 1.54) is 6.08 Å². The van der Waals surface area contributed by atoms with Gasteiger partial charge in [-0.2, -0.15) is 5.10 Å². The van der Waals surface area contributed by atoms with E-state index < -0.39 is 0 Å². The molecule has 0 aliphatic carbocycles. The number of amides is 1. The van der Waals surface area contributed by atoms with E-state index in [4.69, 9.17) is 14.2 Å². The molecule has 0 unspecified atom stereocenters. The Kier molecular flexibility index (Phi) is 5.53. The van der Waals surface area contributed by atoms with E-state index in [0.29, 0.717) is 36.1 Å². The summed E-state index contributed by atoms with van der Waals surface area (Å²) in [6, 6.07) is 11.0. The minimum atomic E-state index is -0.273. The molecule has 1 N–H and O–H groups in total. The number of rotatable bonds is 5. The van der Waals surface area contributed by atoms with Crippen LogP contribution in [0.3, 0.4) is 0 Å². The number of aromatic nitrogens is 2. The number of carbonyl (C=O) groups excluding carboxylic acids is 1. The maximum Gasteiger partial charge on any atom is 0.248 e. The van der Waals surface area contributed by atoms with Crippen molar-refractivity contribution < 1.29 is 19.0 Å². The Morgan fingerprint density at radius 3 is 2.93 bits per heavy atom. The van der Waals surface area contributed by atoms with Gasteiger partial charge in [-0.25, -0.2) is 4.68 Å². The number of hydrogen-bond donors (Lipinski definition) is 1. The summed E-state index contributed by atoms with van der Waals surface area (Å²) in [6.45, 7) is 0.953. The molecule has 29 heavy (non-hydrogen) atoms. The van der Waals surface area contributed by atoms with Crippen molar-refractivity contribution in [3.8, 4) is 22.9 Å². The van der Waals surface area contributed by atoms with E-state index in [1.54, 1.807) is 30.1 Å². The molecule has 3 aromatic rings. The second-order valence-electron chi connectivity index (χ2n) is 6.18. The van der Waals surface area contributed by atoms with Gasteiger partial charge in [0.05, 0.1) is 18.5 Å². The molecule has 0 saturated carbocycles. The molecule has 2 heterocycles. The minimum Gasteiger partial charge on any atom is -0.493 e. The van der Waals surface area contributed by atoms with Crippen molar-refractivity contribution in [2.24, 2.45) is 0 Å². The van der Waals surface area contributed by atoms with Gasteiger partial charge in [0.25, 0.3) is 0 Å². The van der Waals surface area contributed by atoms with Gasteiger partial charge >= 0.3 is 0 Å². The average molecular weight is 456 g/mol. The van der Waals surface area contributed by atoms with Gasteiger partial charge in [-0.15, -0.1) is 0 Å². The van der Waals surface area contributed by atoms with Crippen LogP contribution in [0, 0.1) is 0 Å². The van der Waals surface area contributed by atoms with Crippen LogP contribution in [0.5, 0.6) is 17.2 Å². The molecule has 0 atom stereocenters. The predicted octanol–water partition coefficient (Wildman–Crippen LogP) is 4.07.